The molecule has 2 aliphatic heterocycles. The molecule has 2 amide bonds. The van der Waals surface area contributed by atoms with E-state index >= 15 is 0 Å². The van der Waals surface area contributed by atoms with E-state index < -0.39 is 0 Å². The maximum atomic E-state index is 12.3. The Balaban J connectivity index is 1.79. The third-order valence-corrected chi connectivity index (χ3v) is 4.37. The first kappa shape index (κ1) is 16.2. The molecule has 6 nitrogen and oxygen atoms in total. The summed E-state index contributed by atoms with van der Waals surface area (Å²) in [5, 5.41) is 6.51. The van der Waals surface area contributed by atoms with Gasteiger partial charge in [-0.25, -0.2) is 0 Å². The number of likely N-dealkylation sites (tertiary alicyclic amines) is 1. The Morgan fingerprint density at radius 2 is 2.24 bits per heavy atom. The summed E-state index contributed by atoms with van der Waals surface area (Å²) >= 11 is 0. The molecule has 0 saturated carbocycles. The van der Waals surface area contributed by atoms with Crippen molar-refractivity contribution in [3.8, 4) is 0 Å². The van der Waals surface area contributed by atoms with Gasteiger partial charge in [-0.2, -0.15) is 0 Å². The zero-order chi connectivity index (χ0) is 15.4. The molecule has 120 valence electrons. The second-order valence-corrected chi connectivity index (χ2v) is 6.63. The average Bonchev–Trinajstić information content (AvgIpc) is 2.78. The summed E-state index contributed by atoms with van der Waals surface area (Å²) in [6.45, 7) is 5.20. The summed E-state index contributed by atoms with van der Waals surface area (Å²) in [5.74, 6) is -0.0182. The van der Waals surface area contributed by atoms with Crippen LogP contribution in [0.5, 0.6) is 0 Å². The fourth-order valence-electron chi connectivity index (χ4n) is 3.07. The van der Waals surface area contributed by atoms with Crippen molar-refractivity contribution in [1.82, 2.24) is 20.4 Å². The van der Waals surface area contributed by atoms with Gasteiger partial charge in [0.25, 0.3) is 0 Å². The SMILES string of the molecule is CC1CC(NC(=O)C2CC(=O)N(CCN(C)C)C2)CCN1. The number of carbonyl (C=O) groups excluding carboxylic acids is 2. The molecule has 0 radical (unpaired) electrons. The molecule has 0 aliphatic carbocycles. The lowest BCUT2D eigenvalue weighted by Crippen LogP contribution is -2.48. The van der Waals surface area contributed by atoms with E-state index in [0.29, 0.717) is 25.6 Å². The van der Waals surface area contributed by atoms with E-state index in [9.17, 15) is 9.59 Å². The predicted octanol–water partition coefficient (Wildman–Crippen LogP) is -0.347. The van der Waals surface area contributed by atoms with Crippen molar-refractivity contribution < 1.29 is 9.59 Å². The van der Waals surface area contributed by atoms with Gasteiger partial charge in [-0.05, 0) is 40.4 Å². The van der Waals surface area contributed by atoms with Gasteiger partial charge >= 0.3 is 0 Å². The van der Waals surface area contributed by atoms with Crippen LogP contribution in [0.15, 0.2) is 0 Å². The summed E-state index contributed by atoms with van der Waals surface area (Å²) in [6, 6.07) is 0.700. The van der Waals surface area contributed by atoms with Crippen LogP contribution in [0.3, 0.4) is 0 Å². The van der Waals surface area contributed by atoms with Crippen LogP contribution in [0.2, 0.25) is 0 Å². The lowest BCUT2D eigenvalue weighted by molar-refractivity contribution is -0.129. The van der Waals surface area contributed by atoms with Gasteiger partial charge in [0, 0.05) is 38.1 Å². The smallest absolute Gasteiger partial charge is 0.225 e. The van der Waals surface area contributed by atoms with Gasteiger partial charge in [-0.3, -0.25) is 9.59 Å². The molecule has 3 unspecified atom stereocenters. The highest BCUT2D eigenvalue weighted by atomic mass is 16.2. The van der Waals surface area contributed by atoms with E-state index in [0.717, 1.165) is 25.9 Å². The second kappa shape index (κ2) is 7.22. The van der Waals surface area contributed by atoms with Crippen molar-refractivity contribution in [3.05, 3.63) is 0 Å². The van der Waals surface area contributed by atoms with Crippen LogP contribution in [0.1, 0.15) is 26.2 Å². The van der Waals surface area contributed by atoms with Crippen molar-refractivity contribution in [3.63, 3.8) is 0 Å². The fraction of sp³-hybridized carbons (Fsp3) is 0.867. The highest BCUT2D eigenvalue weighted by Gasteiger charge is 2.35. The molecule has 2 heterocycles. The lowest BCUT2D eigenvalue weighted by atomic mass is 9.99. The Labute approximate surface area is 127 Å². The molecular weight excluding hydrogens is 268 g/mol. The van der Waals surface area contributed by atoms with Gasteiger partial charge in [-0.15, -0.1) is 0 Å². The quantitative estimate of drug-likeness (QED) is 0.728. The van der Waals surface area contributed by atoms with E-state index in [2.05, 4.69) is 22.5 Å². The minimum Gasteiger partial charge on any atom is -0.353 e. The lowest BCUT2D eigenvalue weighted by Gasteiger charge is -2.29. The number of nitrogens with one attached hydrogen (secondary N) is 2. The van der Waals surface area contributed by atoms with Gasteiger partial charge in [0.15, 0.2) is 0 Å². The molecule has 0 bridgehead atoms. The topological polar surface area (TPSA) is 64.7 Å². The molecule has 2 N–H and O–H groups in total. The number of carbonyl (C=O) groups is 2. The summed E-state index contributed by atoms with van der Waals surface area (Å²) in [6.07, 6.45) is 2.30. The van der Waals surface area contributed by atoms with Crippen LogP contribution < -0.4 is 10.6 Å². The minimum absolute atomic E-state index is 0.0507. The summed E-state index contributed by atoms with van der Waals surface area (Å²) < 4.78 is 0. The molecule has 0 spiro atoms. The van der Waals surface area contributed by atoms with Crippen LogP contribution in [-0.4, -0.2) is 74.0 Å². The van der Waals surface area contributed by atoms with E-state index in [-0.39, 0.29) is 23.8 Å². The molecule has 2 rings (SSSR count). The van der Waals surface area contributed by atoms with E-state index in [4.69, 9.17) is 0 Å². The molecule has 2 aliphatic rings. The van der Waals surface area contributed by atoms with Gasteiger partial charge in [-0.1, -0.05) is 0 Å². The highest BCUT2D eigenvalue weighted by molar-refractivity contribution is 5.89. The molecule has 3 atom stereocenters. The third kappa shape index (κ3) is 4.68. The van der Waals surface area contributed by atoms with E-state index in [1.807, 2.05) is 19.0 Å². The standard InChI is InChI=1S/C15H28N4O2/c1-11-8-13(4-5-16-11)17-15(21)12-9-14(20)19(10-12)7-6-18(2)3/h11-13,16H,4-10H2,1-3H3,(H,17,21). The molecule has 0 aromatic heterocycles. The van der Waals surface area contributed by atoms with E-state index in [1.54, 1.807) is 0 Å². The van der Waals surface area contributed by atoms with Gasteiger partial charge < -0.3 is 20.4 Å². The molecule has 2 fully saturated rings. The maximum Gasteiger partial charge on any atom is 0.225 e. The summed E-state index contributed by atoms with van der Waals surface area (Å²) in [5.41, 5.74) is 0. The van der Waals surface area contributed by atoms with Crippen molar-refractivity contribution in [2.45, 2.75) is 38.3 Å². The first-order valence-electron chi connectivity index (χ1n) is 7.92. The van der Waals surface area contributed by atoms with Crippen molar-refractivity contribution in [1.29, 1.82) is 0 Å². The predicted molar refractivity (Wildman–Crippen MR) is 81.9 cm³/mol. The monoisotopic (exact) mass is 296 g/mol. The number of piperidine rings is 1. The second-order valence-electron chi connectivity index (χ2n) is 6.63. The van der Waals surface area contributed by atoms with Gasteiger partial charge in [0.05, 0.1) is 5.92 Å². The largest absolute Gasteiger partial charge is 0.353 e. The summed E-state index contributed by atoms with van der Waals surface area (Å²) in [4.78, 5) is 28.2. The molecule has 6 heteroatoms. The number of hydrogen-bond donors (Lipinski definition) is 2. The molecular formula is C15H28N4O2. The zero-order valence-corrected chi connectivity index (χ0v) is 13.4. The Hall–Kier alpha value is -1.14. The number of nitrogens with zero attached hydrogens (tertiary/aromatic N) is 2. The van der Waals surface area contributed by atoms with Crippen LogP contribution in [-0.2, 0) is 9.59 Å². The van der Waals surface area contributed by atoms with Gasteiger partial charge in [0.2, 0.25) is 11.8 Å². The van der Waals surface area contributed by atoms with Crippen molar-refractivity contribution in [2.75, 3.05) is 40.3 Å². The van der Waals surface area contributed by atoms with Gasteiger partial charge in [0.1, 0.15) is 0 Å². The Morgan fingerprint density at radius 3 is 2.90 bits per heavy atom. The van der Waals surface area contributed by atoms with E-state index in [1.165, 1.54) is 0 Å². The highest BCUT2D eigenvalue weighted by Crippen LogP contribution is 2.19. The number of likely N-dealkylation sites (N-methyl/N-ethyl adjacent to an activating group) is 1. The number of amides is 2. The van der Waals surface area contributed by atoms with Crippen molar-refractivity contribution >= 4 is 11.8 Å². The van der Waals surface area contributed by atoms with Crippen LogP contribution in [0, 0.1) is 5.92 Å². The van der Waals surface area contributed by atoms with Crippen molar-refractivity contribution in [2.24, 2.45) is 5.92 Å². The Kier molecular flexibility index (Phi) is 5.58. The van der Waals surface area contributed by atoms with Crippen LogP contribution >= 0.6 is 0 Å². The Bertz CT molecular complexity index is 386. The molecule has 0 aromatic carbocycles. The molecule has 2 saturated heterocycles. The minimum atomic E-state index is -0.176. The first-order chi connectivity index (χ1) is 9.95. The van der Waals surface area contributed by atoms with Crippen LogP contribution in [0.4, 0.5) is 0 Å². The number of hydrogen-bond acceptors (Lipinski definition) is 4. The normalized spacial score (nSPS) is 30.0. The third-order valence-electron chi connectivity index (χ3n) is 4.37. The molecule has 0 aromatic rings. The summed E-state index contributed by atoms with van der Waals surface area (Å²) in [7, 11) is 3.98. The average molecular weight is 296 g/mol. The maximum absolute atomic E-state index is 12.3. The zero-order valence-electron chi connectivity index (χ0n) is 13.4. The Morgan fingerprint density at radius 1 is 1.48 bits per heavy atom. The number of rotatable bonds is 5. The molecule has 21 heavy (non-hydrogen) atoms. The fourth-order valence-corrected chi connectivity index (χ4v) is 3.07. The van der Waals surface area contributed by atoms with Crippen LogP contribution in [0.25, 0.3) is 0 Å². The first-order valence-corrected chi connectivity index (χ1v) is 7.92.